The van der Waals surface area contributed by atoms with Crippen molar-refractivity contribution in [2.45, 2.75) is 0 Å². The van der Waals surface area contributed by atoms with Crippen LogP contribution in [0.15, 0.2) is 18.2 Å². The average molecular weight is 301 g/mol. The minimum atomic E-state index is -0.412. The Bertz CT molecular complexity index is 500. The van der Waals surface area contributed by atoms with E-state index in [1.165, 1.54) is 25.3 Å². The fourth-order valence-corrected chi connectivity index (χ4v) is 3.04. The van der Waals surface area contributed by atoms with E-state index in [1.54, 1.807) is 0 Å². The highest BCUT2D eigenvalue weighted by molar-refractivity contribution is 5.97. The number of nitrogens with one attached hydrogen (secondary N) is 1. The van der Waals surface area contributed by atoms with Crippen molar-refractivity contribution in [3.05, 3.63) is 29.6 Å². The third-order valence-corrected chi connectivity index (χ3v) is 4.07. The highest BCUT2D eigenvalue weighted by Gasteiger charge is 2.38. The van der Waals surface area contributed by atoms with Gasteiger partial charge in [0.2, 0.25) is 0 Å². The Kier molecular flexibility index (Phi) is 4.50. The lowest BCUT2D eigenvalue weighted by atomic mass is 10.0. The Morgan fingerprint density at radius 2 is 2.00 bits per heavy atom. The first-order valence-corrected chi connectivity index (χ1v) is 6.52. The highest BCUT2D eigenvalue weighted by Crippen LogP contribution is 2.29. The summed E-state index contributed by atoms with van der Waals surface area (Å²) in [5, 5.41) is 3.33. The summed E-state index contributed by atoms with van der Waals surface area (Å²) in [4.78, 5) is 14.3. The third kappa shape index (κ3) is 2.60. The smallest absolute Gasteiger partial charge is 0.257 e. The number of hydrogen-bond donors (Lipinski definition) is 1. The zero-order valence-electron chi connectivity index (χ0n) is 11.3. The van der Waals surface area contributed by atoms with Gasteiger partial charge in [0, 0.05) is 26.2 Å². The molecule has 2 fully saturated rings. The second-order valence-corrected chi connectivity index (χ2v) is 5.23. The summed E-state index contributed by atoms with van der Waals surface area (Å²) < 4.78 is 18.5. The molecule has 0 aromatic heterocycles. The molecule has 110 valence electrons. The third-order valence-electron chi connectivity index (χ3n) is 4.07. The van der Waals surface area contributed by atoms with E-state index in [2.05, 4.69) is 5.32 Å². The summed E-state index contributed by atoms with van der Waals surface area (Å²) in [6.45, 7) is 3.43. The van der Waals surface area contributed by atoms with E-state index in [-0.39, 0.29) is 18.3 Å². The summed E-state index contributed by atoms with van der Waals surface area (Å²) in [5.74, 6) is 0.949. The molecule has 2 aliphatic rings. The number of amides is 1. The van der Waals surface area contributed by atoms with Crippen molar-refractivity contribution < 1.29 is 13.9 Å². The molecule has 1 aromatic rings. The normalized spacial score (nSPS) is 24.2. The molecule has 0 spiro atoms. The van der Waals surface area contributed by atoms with Crippen LogP contribution in [0.2, 0.25) is 0 Å². The van der Waals surface area contributed by atoms with Gasteiger partial charge >= 0.3 is 0 Å². The Morgan fingerprint density at radius 1 is 1.35 bits per heavy atom. The number of halogens is 2. The predicted molar refractivity (Wildman–Crippen MR) is 76.0 cm³/mol. The number of likely N-dealkylation sites (tertiary alicyclic amines) is 1. The van der Waals surface area contributed by atoms with Gasteiger partial charge in [-0.3, -0.25) is 4.79 Å². The van der Waals surface area contributed by atoms with Crippen LogP contribution in [0.5, 0.6) is 5.75 Å². The van der Waals surface area contributed by atoms with Crippen molar-refractivity contribution in [1.82, 2.24) is 10.2 Å². The molecule has 2 heterocycles. The molecule has 6 heteroatoms. The number of carbonyl (C=O) groups excluding carboxylic acids is 1. The zero-order valence-corrected chi connectivity index (χ0v) is 12.1. The molecule has 0 bridgehead atoms. The van der Waals surface area contributed by atoms with Crippen molar-refractivity contribution in [2.24, 2.45) is 11.8 Å². The van der Waals surface area contributed by atoms with E-state index >= 15 is 0 Å². The van der Waals surface area contributed by atoms with Crippen LogP contribution < -0.4 is 10.1 Å². The maximum absolute atomic E-state index is 13.3. The van der Waals surface area contributed by atoms with Crippen LogP contribution >= 0.6 is 12.4 Å². The number of hydrogen-bond acceptors (Lipinski definition) is 3. The quantitative estimate of drug-likeness (QED) is 0.901. The molecule has 0 unspecified atom stereocenters. The molecule has 0 saturated carbocycles. The largest absolute Gasteiger partial charge is 0.496 e. The van der Waals surface area contributed by atoms with Crippen LogP contribution in [-0.2, 0) is 0 Å². The summed E-state index contributed by atoms with van der Waals surface area (Å²) in [5.41, 5.74) is 0.315. The fraction of sp³-hybridized carbons (Fsp3) is 0.500. The molecule has 0 aliphatic carbocycles. The topological polar surface area (TPSA) is 41.6 Å². The first kappa shape index (κ1) is 15.1. The van der Waals surface area contributed by atoms with Gasteiger partial charge in [-0.2, -0.15) is 0 Å². The molecule has 1 amide bonds. The first-order valence-electron chi connectivity index (χ1n) is 6.52. The van der Waals surface area contributed by atoms with Crippen LogP contribution in [0.4, 0.5) is 4.39 Å². The van der Waals surface area contributed by atoms with Gasteiger partial charge in [-0.1, -0.05) is 0 Å². The molecule has 4 nitrogen and oxygen atoms in total. The average Bonchev–Trinajstić information content (AvgIpc) is 2.98. The number of ether oxygens (including phenoxy) is 1. The Hall–Kier alpha value is -1.33. The molecular formula is C14H18ClFN2O2. The van der Waals surface area contributed by atoms with Crippen molar-refractivity contribution in [2.75, 3.05) is 33.3 Å². The van der Waals surface area contributed by atoms with Crippen molar-refractivity contribution in [3.8, 4) is 5.75 Å². The van der Waals surface area contributed by atoms with E-state index in [1.807, 2.05) is 4.90 Å². The molecule has 2 saturated heterocycles. The van der Waals surface area contributed by atoms with Gasteiger partial charge < -0.3 is 15.0 Å². The lowest BCUT2D eigenvalue weighted by molar-refractivity contribution is 0.0778. The second-order valence-electron chi connectivity index (χ2n) is 5.23. The Balaban J connectivity index is 0.00000147. The second kappa shape index (κ2) is 5.97. The van der Waals surface area contributed by atoms with Crippen molar-refractivity contribution >= 4 is 18.3 Å². The molecule has 0 radical (unpaired) electrons. The molecular weight excluding hydrogens is 283 g/mol. The number of methoxy groups -OCH3 is 1. The van der Waals surface area contributed by atoms with Gasteiger partial charge in [0.1, 0.15) is 11.6 Å². The lowest BCUT2D eigenvalue weighted by Gasteiger charge is -2.19. The van der Waals surface area contributed by atoms with Crippen molar-refractivity contribution in [1.29, 1.82) is 0 Å². The SMILES string of the molecule is COc1ccc(F)cc1C(=O)N1C[C@H]2CNC[C@H]2C1.Cl. The standard InChI is InChI=1S/C14H17FN2O2.ClH/c1-19-13-3-2-11(15)4-12(13)14(18)17-7-9-5-16-6-10(9)8-17;/h2-4,9-10,16H,5-8H2,1H3;1H/t9-,10+;. The van der Waals surface area contributed by atoms with Gasteiger partial charge in [0.25, 0.3) is 5.91 Å². The van der Waals surface area contributed by atoms with E-state index in [9.17, 15) is 9.18 Å². The van der Waals surface area contributed by atoms with Crippen LogP contribution in [-0.4, -0.2) is 44.1 Å². The molecule has 1 N–H and O–H groups in total. The molecule has 3 rings (SSSR count). The lowest BCUT2D eigenvalue weighted by Crippen LogP contribution is -2.32. The van der Waals surface area contributed by atoms with Crippen LogP contribution in [0, 0.1) is 17.7 Å². The van der Waals surface area contributed by atoms with E-state index in [4.69, 9.17) is 4.74 Å². The van der Waals surface area contributed by atoms with E-state index in [0.29, 0.717) is 23.1 Å². The van der Waals surface area contributed by atoms with Crippen LogP contribution in [0.1, 0.15) is 10.4 Å². The van der Waals surface area contributed by atoms with Gasteiger partial charge in [-0.25, -0.2) is 4.39 Å². The molecule has 2 aliphatic heterocycles. The molecule has 1 aromatic carbocycles. The van der Waals surface area contributed by atoms with Gasteiger partial charge in [-0.15, -0.1) is 12.4 Å². The van der Waals surface area contributed by atoms with Crippen LogP contribution in [0.25, 0.3) is 0 Å². The number of benzene rings is 1. The number of rotatable bonds is 2. The number of nitrogens with zero attached hydrogens (tertiary/aromatic N) is 1. The molecule has 20 heavy (non-hydrogen) atoms. The maximum atomic E-state index is 13.3. The summed E-state index contributed by atoms with van der Waals surface area (Å²) in [6, 6.07) is 4.06. The minimum Gasteiger partial charge on any atom is -0.496 e. The summed E-state index contributed by atoms with van der Waals surface area (Å²) >= 11 is 0. The Morgan fingerprint density at radius 3 is 2.60 bits per heavy atom. The fourth-order valence-electron chi connectivity index (χ4n) is 3.04. The summed E-state index contributed by atoms with van der Waals surface area (Å²) in [7, 11) is 1.49. The summed E-state index contributed by atoms with van der Waals surface area (Å²) in [6.07, 6.45) is 0. The number of fused-ring (bicyclic) bond motifs is 1. The van der Waals surface area contributed by atoms with Gasteiger partial charge in [0.05, 0.1) is 12.7 Å². The van der Waals surface area contributed by atoms with Gasteiger partial charge in [-0.05, 0) is 30.0 Å². The monoisotopic (exact) mass is 300 g/mol. The predicted octanol–water partition coefficient (Wildman–Crippen LogP) is 1.55. The first-order chi connectivity index (χ1) is 9.19. The maximum Gasteiger partial charge on any atom is 0.257 e. The molecule has 2 atom stereocenters. The van der Waals surface area contributed by atoms with E-state index in [0.717, 1.165) is 26.2 Å². The zero-order chi connectivity index (χ0) is 13.4. The van der Waals surface area contributed by atoms with Gasteiger partial charge in [0.15, 0.2) is 0 Å². The highest BCUT2D eigenvalue weighted by atomic mass is 35.5. The Labute approximate surface area is 123 Å². The van der Waals surface area contributed by atoms with Crippen molar-refractivity contribution in [3.63, 3.8) is 0 Å². The minimum absolute atomic E-state index is 0. The van der Waals surface area contributed by atoms with Crippen LogP contribution in [0.3, 0.4) is 0 Å². The van der Waals surface area contributed by atoms with E-state index < -0.39 is 5.82 Å². The number of carbonyl (C=O) groups is 1.